The highest BCUT2D eigenvalue weighted by Crippen LogP contribution is 2.18. The molecule has 1 aliphatic heterocycles. The fourth-order valence-corrected chi connectivity index (χ4v) is 3.07. The summed E-state index contributed by atoms with van der Waals surface area (Å²) in [7, 11) is 0. The highest BCUT2D eigenvalue weighted by molar-refractivity contribution is 5.76. The van der Waals surface area contributed by atoms with Crippen molar-refractivity contribution in [2.45, 2.75) is 38.1 Å². The minimum Gasteiger partial charge on any atom is -0.481 e. The number of hydrogen-bond acceptors (Lipinski definition) is 3. The third-order valence-corrected chi connectivity index (χ3v) is 4.12. The van der Waals surface area contributed by atoms with E-state index in [2.05, 4.69) is 17.1 Å². The molecule has 0 aliphatic carbocycles. The quantitative estimate of drug-likeness (QED) is 0.771. The van der Waals surface area contributed by atoms with Crippen molar-refractivity contribution in [2.75, 3.05) is 26.2 Å². The van der Waals surface area contributed by atoms with Crippen molar-refractivity contribution >= 4 is 5.97 Å². The Labute approximate surface area is 127 Å². The van der Waals surface area contributed by atoms with Crippen LogP contribution in [0.15, 0.2) is 30.3 Å². The van der Waals surface area contributed by atoms with Gasteiger partial charge >= 0.3 is 5.97 Å². The molecule has 4 nitrogen and oxygen atoms in total. The molecule has 2 atom stereocenters. The lowest BCUT2D eigenvalue weighted by Crippen LogP contribution is -2.41. The van der Waals surface area contributed by atoms with Gasteiger partial charge in [-0.3, -0.25) is 4.79 Å². The Kier molecular flexibility index (Phi) is 6.21. The van der Waals surface area contributed by atoms with E-state index in [4.69, 9.17) is 0 Å². The summed E-state index contributed by atoms with van der Waals surface area (Å²) in [5, 5.41) is 13.1. The third-order valence-electron chi connectivity index (χ3n) is 4.12. The van der Waals surface area contributed by atoms with Crippen LogP contribution in [0.2, 0.25) is 0 Å². The minimum atomic E-state index is -0.735. The van der Waals surface area contributed by atoms with Crippen LogP contribution in [-0.2, 0) is 4.79 Å². The van der Waals surface area contributed by atoms with Crippen molar-refractivity contribution in [3.05, 3.63) is 35.9 Å². The number of nitrogens with one attached hydrogen (secondary N) is 1. The zero-order valence-electron chi connectivity index (χ0n) is 12.8. The topological polar surface area (TPSA) is 52.6 Å². The fourth-order valence-electron chi connectivity index (χ4n) is 3.07. The summed E-state index contributed by atoms with van der Waals surface area (Å²) in [4.78, 5) is 13.9. The van der Waals surface area contributed by atoms with Crippen LogP contribution >= 0.6 is 0 Å². The first-order valence-electron chi connectivity index (χ1n) is 7.94. The molecule has 1 heterocycles. The van der Waals surface area contributed by atoms with Gasteiger partial charge in [-0.2, -0.15) is 0 Å². The first kappa shape index (κ1) is 16.0. The largest absolute Gasteiger partial charge is 0.481 e. The fraction of sp³-hybridized carbons (Fsp3) is 0.588. The van der Waals surface area contributed by atoms with Crippen molar-refractivity contribution in [3.63, 3.8) is 0 Å². The highest BCUT2D eigenvalue weighted by Gasteiger charge is 2.25. The zero-order chi connectivity index (χ0) is 15.1. The van der Waals surface area contributed by atoms with Crippen LogP contribution in [0.4, 0.5) is 0 Å². The second-order valence-corrected chi connectivity index (χ2v) is 5.85. The van der Waals surface area contributed by atoms with E-state index in [1.807, 2.05) is 30.3 Å². The van der Waals surface area contributed by atoms with Gasteiger partial charge in [-0.15, -0.1) is 0 Å². The summed E-state index contributed by atoms with van der Waals surface area (Å²) in [6.07, 6.45) is 3.48. The number of hydrogen-bond donors (Lipinski definition) is 2. The molecule has 1 aliphatic rings. The molecule has 1 saturated heterocycles. The van der Waals surface area contributed by atoms with Gasteiger partial charge in [-0.05, 0) is 37.9 Å². The van der Waals surface area contributed by atoms with E-state index in [-0.39, 0.29) is 0 Å². The monoisotopic (exact) mass is 290 g/mol. The van der Waals surface area contributed by atoms with E-state index >= 15 is 0 Å². The molecular formula is C17H26N2O2. The maximum Gasteiger partial charge on any atom is 0.312 e. The maximum atomic E-state index is 11.6. The summed E-state index contributed by atoms with van der Waals surface area (Å²) in [6.45, 7) is 5.73. The Morgan fingerprint density at radius 2 is 2.19 bits per heavy atom. The van der Waals surface area contributed by atoms with Crippen molar-refractivity contribution in [3.8, 4) is 0 Å². The molecule has 2 N–H and O–H groups in total. The highest BCUT2D eigenvalue weighted by atomic mass is 16.4. The van der Waals surface area contributed by atoms with Crippen LogP contribution in [0.3, 0.4) is 0 Å². The van der Waals surface area contributed by atoms with Gasteiger partial charge in [0.1, 0.15) is 0 Å². The molecule has 0 amide bonds. The normalized spacial score (nSPS) is 19.8. The van der Waals surface area contributed by atoms with Gasteiger partial charge in [0.05, 0.1) is 5.92 Å². The van der Waals surface area contributed by atoms with Gasteiger partial charge in [0.15, 0.2) is 0 Å². The first-order valence-corrected chi connectivity index (χ1v) is 7.94. The van der Waals surface area contributed by atoms with E-state index in [1.54, 1.807) is 0 Å². The van der Waals surface area contributed by atoms with Gasteiger partial charge < -0.3 is 15.3 Å². The molecule has 2 unspecified atom stereocenters. The van der Waals surface area contributed by atoms with Crippen LogP contribution in [0.1, 0.15) is 37.7 Å². The lowest BCUT2D eigenvalue weighted by molar-refractivity contribution is -0.139. The van der Waals surface area contributed by atoms with Crippen LogP contribution in [0.25, 0.3) is 0 Å². The van der Waals surface area contributed by atoms with E-state index in [0.29, 0.717) is 12.6 Å². The predicted octanol–water partition coefficient (Wildman–Crippen LogP) is 2.32. The van der Waals surface area contributed by atoms with Crippen molar-refractivity contribution in [2.24, 2.45) is 0 Å². The van der Waals surface area contributed by atoms with Crippen LogP contribution in [0, 0.1) is 0 Å². The van der Waals surface area contributed by atoms with Gasteiger partial charge in [0.2, 0.25) is 0 Å². The molecule has 21 heavy (non-hydrogen) atoms. The Bertz CT molecular complexity index is 430. The minimum absolute atomic E-state index is 0.445. The molecule has 1 aromatic rings. The Hall–Kier alpha value is -1.39. The summed E-state index contributed by atoms with van der Waals surface area (Å²) >= 11 is 0. The smallest absolute Gasteiger partial charge is 0.312 e. The number of carboxylic acid groups (broad SMARTS) is 1. The summed E-state index contributed by atoms with van der Waals surface area (Å²) < 4.78 is 0. The van der Waals surface area contributed by atoms with Gasteiger partial charge in [0, 0.05) is 19.1 Å². The van der Waals surface area contributed by atoms with Crippen molar-refractivity contribution < 1.29 is 9.90 Å². The van der Waals surface area contributed by atoms with E-state index < -0.39 is 11.9 Å². The molecule has 0 radical (unpaired) electrons. The molecule has 116 valence electrons. The number of benzene rings is 1. The number of rotatable bonds is 8. The first-order chi connectivity index (χ1) is 10.2. The summed E-state index contributed by atoms with van der Waals surface area (Å²) in [5.74, 6) is -1.18. The standard InChI is InChI=1S/C17H26N2O2/c1-2-11-19(12-15-9-6-10-18-15)13-16(17(20)21)14-7-4-3-5-8-14/h3-5,7-8,15-16,18H,2,6,9-13H2,1H3,(H,20,21). The van der Waals surface area contributed by atoms with Gasteiger partial charge in [-0.25, -0.2) is 0 Å². The Morgan fingerprint density at radius 1 is 1.43 bits per heavy atom. The molecule has 0 bridgehead atoms. The Morgan fingerprint density at radius 3 is 2.76 bits per heavy atom. The molecule has 1 fully saturated rings. The number of nitrogens with zero attached hydrogens (tertiary/aromatic N) is 1. The van der Waals surface area contributed by atoms with Crippen LogP contribution in [0.5, 0.6) is 0 Å². The average molecular weight is 290 g/mol. The molecule has 1 aromatic carbocycles. The second-order valence-electron chi connectivity index (χ2n) is 5.85. The predicted molar refractivity (Wildman–Crippen MR) is 84.6 cm³/mol. The molecular weight excluding hydrogens is 264 g/mol. The molecule has 2 rings (SSSR count). The third kappa shape index (κ3) is 4.83. The lowest BCUT2D eigenvalue weighted by atomic mass is 9.98. The lowest BCUT2D eigenvalue weighted by Gasteiger charge is -2.28. The number of aliphatic carboxylic acids is 1. The number of carbonyl (C=O) groups is 1. The molecule has 4 heteroatoms. The maximum absolute atomic E-state index is 11.6. The molecule has 0 saturated carbocycles. The van der Waals surface area contributed by atoms with Crippen molar-refractivity contribution in [1.29, 1.82) is 0 Å². The van der Waals surface area contributed by atoms with Gasteiger partial charge in [-0.1, -0.05) is 37.3 Å². The van der Waals surface area contributed by atoms with E-state index in [1.165, 1.54) is 12.8 Å². The summed E-state index contributed by atoms with van der Waals surface area (Å²) in [6, 6.07) is 10.1. The zero-order valence-corrected chi connectivity index (χ0v) is 12.8. The van der Waals surface area contributed by atoms with Crippen LogP contribution in [-0.4, -0.2) is 48.2 Å². The summed E-state index contributed by atoms with van der Waals surface area (Å²) in [5.41, 5.74) is 0.894. The Balaban J connectivity index is 2.02. The van der Waals surface area contributed by atoms with Crippen molar-refractivity contribution in [1.82, 2.24) is 10.2 Å². The van der Waals surface area contributed by atoms with E-state index in [0.717, 1.165) is 31.6 Å². The molecule has 0 aromatic heterocycles. The second kappa shape index (κ2) is 8.15. The SMILES string of the molecule is CCCN(CC1CCCN1)CC(C(=O)O)c1ccccc1. The number of carboxylic acids is 1. The van der Waals surface area contributed by atoms with E-state index in [9.17, 15) is 9.90 Å². The van der Waals surface area contributed by atoms with Gasteiger partial charge in [0.25, 0.3) is 0 Å². The molecule has 0 spiro atoms. The average Bonchev–Trinajstić information content (AvgIpc) is 2.98. The van der Waals surface area contributed by atoms with Crippen LogP contribution < -0.4 is 5.32 Å².